The minimum atomic E-state index is -0.0678. The molecule has 0 amide bonds. The van der Waals surface area contributed by atoms with Gasteiger partial charge in [0.05, 0.1) is 0 Å². The van der Waals surface area contributed by atoms with E-state index in [1.54, 1.807) is 0 Å². The average Bonchev–Trinajstić information content (AvgIpc) is 2.40. The molecule has 0 aromatic heterocycles. The molecule has 0 saturated carbocycles. The standard InChI is InChI=1S/C16H19NO/c1-13-6-7-14(2)15(12-13)16(18)8-11-17-9-4-3-5-10-17/h6-7,12H,3-5,9-10H2,1-2H3. The summed E-state index contributed by atoms with van der Waals surface area (Å²) < 4.78 is 0. The first-order valence-electron chi connectivity index (χ1n) is 6.55. The molecule has 94 valence electrons. The summed E-state index contributed by atoms with van der Waals surface area (Å²) in [6.07, 6.45) is 3.65. The minimum absolute atomic E-state index is 0.0678. The van der Waals surface area contributed by atoms with Crippen molar-refractivity contribution in [1.29, 1.82) is 0 Å². The number of hydrogen-bond acceptors (Lipinski definition) is 2. The van der Waals surface area contributed by atoms with E-state index in [4.69, 9.17) is 0 Å². The summed E-state index contributed by atoms with van der Waals surface area (Å²) in [7, 11) is 0. The number of carbonyl (C=O) groups is 1. The van der Waals surface area contributed by atoms with Crippen molar-refractivity contribution in [3.8, 4) is 12.0 Å². The molecule has 1 aromatic rings. The molecule has 0 atom stereocenters. The van der Waals surface area contributed by atoms with Crippen molar-refractivity contribution in [2.45, 2.75) is 33.1 Å². The molecule has 1 saturated heterocycles. The number of benzene rings is 1. The van der Waals surface area contributed by atoms with Gasteiger partial charge in [0.2, 0.25) is 5.78 Å². The van der Waals surface area contributed by atoms with E-state index in [0.717, 1.165) is 29.8 Å². The van der Waals surface area contributed by atoms with Gasteiger partial charge in [-0.3, -0.25) is 4.79 Å². The highest BCUT2D eigenvalue weighted by atomic mass is 16.1. The van der Waals surface area contributed by atoms with Crippen LogP contribution in [0.3, 0.4) is 0 Å². The van der Waals surface area contributed by atoms with E-state index in [2.05, 4.69) is 16.9 Å². The van der Waals surface area contributed by atoms with Gasteiger partial charge in [-0.2, -0.15) is 0 Å². The van der Waals surface area contributed by atoms with E-state index in [1.165, 1.54) is 19.3 Å². The van der Waals surface area contributed by atoms with Crippen molar-refractivity contribution >= 4 is 5.78 Å². The number of carbonyl (C=O) groups excluding carboxylic acids is 1. The van der Waals surface area contributed by atoms with Crippen LogP contribution in [0.25, 0.3) is 0 Å². The van der Waals surface area contributed by atoms with Crippen LogP contribution in [-0.2, 0) is 0 Å². The van der Waals surface area contributed by atoms with Gasteiger partial charge in [-0.1, -0.05) is 17.7 Å². The topological polar surface area (TPSA) is 20.3 Å². The van der Waals surface area contributed by atoms with Crippen LogP contribution in [0.4, 0.5) is 0 Å². The van der Waals surface area contributed by atoms with Crippen LogP contribution in [0.1, 0.15) is 40.7 Å². The first-order valence-corrected chi connectivity index (χ1v) is 6.55. The lowest BCUT2D eigenvalue weighted by molar-refractivity contribution is 0.105. The molecule has 1 aliphatic rings. The van der Waals surface area contributed by atoms with Crippen LogP contribution >= 0.6 is 0 Å². The molecule has 0 N–H and O–H groups in total. The Bertz CT molecular complexity index is 502. The summed E-state index contributed by atoms with van der Waals surface area (Å²) in [5, 5.41) is 0. The number of hydrogen-bond donors (Lipinski definition) is 0. The third-order valence-electron chi connectivity index (χ3n) is 3.32. The zero-order valence-electron chi connectivity index (χ0n) is 11.1. The Balaban J connectivity index is 2.11. The van der Waals surface area contributed by atoms with Crippen molar-refractivity contribution in [3.05, 3.63) is 34.9 Å². The van der Waals surface area contributed by atoms with E-state index >= 15 is 0 Å². The second kappa shape index (κ2) is 5.73. The van der Waals surface area contributed by atoms with Gasteiger partial charge in [0.15, 0.2) is 0 Å². The molecule has 1 heterocycles. The molecule has 0 unspecified atom stereocenters. The lowest BCUT2D eigenvalue weighted by Gasteiger charge is -2.21. The molecule has 1 aliphatic heterocycles. The lowest BCUT2D eigenvalue weighted by Crippen LogP contribution is -2.25. The molecular weight excluding hydrogens is 222 g/mol. The van der Waals surface area contributed by atoms with E-state index in [9.17, 15) is 4.79 Å². The summed E-state index contributed by atoms with van der Waals surface area (Å²) in [6, 6.07) is 8.91. The smallest absolute Gasteiger partial charge is 0.237 e. The zero-order chi connectivity index (χ0) is 13.0. The number of aryl methyl sites for hydroxylation is 2. The highest BCUT2D eigenvalue weighted by molar-refractivity contribution is 6.09. The zero-order valence-corrected chi connectivity index (χ0v) is 11.1. The van der Waals surface area contributed by atoms with Crippen molar-refractivity contribution in [2.75, 3.05) is 13.1 Å². The number of ketones is 1. The van der Waals surface area contributed by atoms with Crippen molar-refractivity contribution < 1.29 is 4.79 Å². The fraction of sp³-hybridized carbons (Fsp3) is 0.438. The summed E-state index contributed by atoms with van der Waals surface area (Å²) in [6.45, 7) is 5.93. The van der Waals surface area contributed by atoms with Crippen LogP contribution in [0.2, 0.25) is 0 Å². The quantitative estimate of drug-likeness (QED) is 0.556. The third-order valence-corrected chi connectivity index (χ3v) is 3.32. The van der Waals surface area contributed by atoms with E-state index in [-0.39, 0.29) is 5.78 Å². The summed E-state index contributed by atoms with van der Waals surface area (Å²) in [5.74, 6) is 2.71. The summed E-state index contributed by atoms with van der Waals surface area (Å²) >= 11 is 0. The summed E-state index contributed by atoms with van der Waals surface area (Å²) in [4.78, 5) is 14.1. The number of rotatable bonds is 1. The van der Waals surface area contributed by atoms with E-state index in [1.807, 2.05) is 32.0 Å². The van der Waals surface area contributed by atoms with Gasteiger partial charge in [0.1, 0.15) is 0 Å². The van der Waals surface area contributed by atoms with Crippen LogP contribution in [0.15, 0.2) is 18.2 Å². The van der Waals surface area contributed by atoms with Crippen LogP contribution in [-0.4, -0.2) is 23.8 Å². The Labute approximate surface area is 109 Å². The number of nitrogens with zero attached hydrogens (tertiary/aromatic N) is 1. The molecule has 18 heavy (non-hydrogen) atoms. The Hall–Kier alpha value is -1.75. The average molecular weight is 241 g/mol. The maximum absolute atomic E-state index is 12.1. The highest BCUT2D eigenvalue weighted by Gasteiger charge is 2.08. The molecule has 0 radical (unpaired) electrons. The molecule has 1 aromatic carbocycles. The highest BCUT2D eigenvalue weighted by Crippen LogP contribution is 2.11. The largest absolute Gasteiger partial charge is 0.332 e. The van der Waals surface area contributed by atoms with Gasteiger partial charge < -0.3 is 4.90 Å². The second-order valence-corrected chi connectivity index (χ2v) is 4.93. The predicted octanol–water partition coefficient (Wildman–Crippen LogP) is 2.93. The van der Waals surface area contributed by atoms with Gasteiger partial charge in [-0.25, -0.2) is 0 Å². The van der Waals surface area contributed by atoms with E-state index in [0.29, 0.717) is 0 Å². The first-order chi connectivity index (χ1) is 8.66. The maximum atomic E-state index is 12.1. The predicted molar refractivity (Wildman–Crippen MR) is 73.4 cm³/mol. The first kappa shape index (κ1) is 12.7. The van der Waals surface area contributed by atoms with Gasteiger partial charge in [-0.05, 0) is 50.7 Å². The molecule has 0 bridgehead atoms. The monoisotopic (exact) mass is 241 g/mol. The molecular formula is C16H19NO. The normalized spacial score (nSPS) is 14.9. The molecule has 2 nitrogen and oxygen atoms in total. The van der Waals surface area contributed by atoms with Crippen LogP contribution in [0, 0.1) is 25.8 Å². The van der Waals surface area contributed by atoms with Gasteiger partial charge in [0, 0.05) is 24.7 Å². The van der Waals surface area contributed by atoms with Crippen molar-refractivity contribution in [2.24, 2.45) is 0 Å². The number of piperidine rings is 1. The third kappa shape index (κ3) is 3.13. The van der Waals surface area contributed by atoms with Gasteiger partial charge in [-0.15, -0.1) is 0 Å². The maximum Gasteiger partial charge on any atom is 0.237 e. The van der Waals surface area contributed by atoms with Crippen molar-refractivity contribution in [1.82, 2.24) is 4.90 Å². The summed E-state index contributed by atoms with van der Waals surface area (Å²) in [5.41, 5.74) is 2.83. The second-order valence-electron chi connectivity index (χ2n) is 4.93. The molecule has 0 spiro atoms. The fourth-order valence-electron chi connectivity index (χ4n) is 2.18. The number of likely N-dealkylation sites (tertiary alicyclic amines) is 1. The molecule has 1 fully saturated rings. The Morgan fingerprint density at radius 1 is 1.17 bits per heavy atom. The minimum Gasteiger partial charge on any atom is -0.332 e. The van der Waals surface area contributed by atoms with Crippen LogP contribution in [0.5, 0.6) is 0 Å². The van der Waals surface area contributed by atoms with Crippen molar-refractivity contribution in [3.63, 3.8) is 0 Å². The Morgan fingerprint density at radius 2 is 1.89 bits per heavy atom. The van der Waals surface area contributed by atoms with E-state index < -0.39 is 0 Å². The SMILES string of the molecule is Cc1ccc(C)c(C(=O)C#CN2CCCCC2)c1. The lowest BCUT2D eigenvalue weighted by atomic mass is 10.0. The molecule has 2 rings (SSSR count). The van der Waals surface area contributed by atoms with Gasteiger partial charge >= 0.3 is 0 Å². The molecule has 2 heteroatoms. The Kier molecular flexibility index (Phi) is 4.04. The fourth-order valence-corrected chi connectivity index (χ4v) is 2.18. The number of Topliss-reactive ketones (excluding diaryl/α,β-unsaturated/α-hetero) is 1. The van der Waals surface area contributed by atoms with Crippen LogP contribution < -0.4 is 0 Å². The molecule has 0 aliphatic carbocycles. The Morgan fingerprint density at radius 3 is 2.61 bits per heavy atom. The van der Waals surface area contributed by atoms with Gasteiger partial charge in [0.25, 0.3) is 0 Å².